The molecule has 2 aliphatic rings. The second kappa shape index (κ2) is 6.02. The third-order valence-corrected chi connectivity index (χ3v) is 5.66. The molecule has 0 saturated carbocycles. The molecular formula is C16H21IN2O. The molecule has 2 fully saturated rings. The largest absolute Gasteiger partial charge is 0.326 e. The number of benzene rings is 1. The van der Waals surface area contributed by atoms with Gasteiger partial charge in [-0.05, 0) is 78.8 Å². The summed E-state index contributed by atoms with van der Waals surface area (Å²) in [5, 5.41) is 6.67. The van der Waals surface area contributed by atoms with Gasteiger partial charge in [-0.3, -0.25) is 4.79 Å². The van der Waals surface area contributed by atoms with Crippen molar-refractivity contribution in [1.29, 1.82) is 0 Å². The third kappa shape index (κ3) is 3.34. The first-order valence-corrected chi connectivity index (χ1v) is 8.50. The van der Waals surface area contributed by atoms with Gasteiger partial charge in [0.15, 0.2) is 0 Å². The quantitative estimate of drug-likeness (QED) is 0.784. The minimum atomic E-state index is 0.163. The standard InChI is InChI=1S/C16H21IN2O/c1-10-2-3-14(9-15(10)17)19-16(20)8-11-6-12-4-5-13(7-11)18-12/h2-3,9,11-13,18H,4-8H2,1H3,(H,19,20). The Morgan fingerprint density at radius 3 is 2.70 bits per heavy atom. The van der Waals surface area contributed by atoms with E-state index >= 15 is 0 Å². The molecule has 0 radical (unpaired) electrons. The van der Waals surface area contributed by atoms with Crippen LogP contribution in [-0.4, -0.2) is 18.0 Å². The van der Waals surface area contributed by atoms with Gasteiger partial charge in [0, 0.05) is 27.8 Å². The molecule has 2 aliphatic heterocycles. The van der Waals surface area contributed by atoms with Gasteiger partial charge in [-0.25, -0.2) is 0 Å². The number of hydrogen-bond donors (Lipinski definition) is 2. The number of carbonyl (C=O) groups excluding carboxylic acids is 1. The average Bonchev–Trinajstić information content (AvgIpc) is 2.73. The van der Waals surface area contributed by atoms with Gasteiger partial charge < -0.3 is 10.6 Å². The molecule has 2 N–H and O–H groups in total. The van der Waals surface area contributed by atoms with Crippen LogP contribution in [0.4, 0.5) is 5.69 Å². The molecule has 1 aromatic carbocycles. The lowest BCUT2D eigenvalue weighted by Crippen LogP contribution is -2.39. The molecule has 108 valence electrons. The summed E-state index contributed by atoms with van der Waals surface area (Å²) < 4.78 is 1.19. The first-order valence-electron chi connectivity index (χ1n) is 7.42. The van der Waals surface area contributed by atoms with Crippen molar-refractivity contribution in [2.75, 3.05) is 5.32 Å². The van der Waals surface area contributed by atoms with Crippen LogP contribution in [0.15, 0.2) is 18.2 Å². The van der Waals surface area contributed by atoms with Crippen LogP contribution >= 0.6 is 22.6 Å². The van der Waals surface area contributed by atoms with Crippen LogP contribution in [0.25, 0.3) is 0 Å². The van der Waals surface area contributed by atoms with Crippen LogP contribution in [0.2, 0.25) is 0 Å². The summed E-state index contributed by atoms with van der Waals surface area (Å²) in [7, 11) is 0. The summed E-state index contributed by atoms with van der Waals surface area (Å²) in [6.07, 6.45) is 5.57. The summed E-state index contributed by atoms with van der Waals surface area (Å²) >= 11 is 2.31. The molecule has 0 aliphatic carbocycles. The van der Waals surface area contributed by atoms with Crippen LogP contribution < -0.4 is 10.6 Å². The van der Waals surface area contributed by atoms with E-state index in [1.165, 1.54) is 22.0 Å². The maximum Gasteiger partial charge on any atom is 0.224 e. The Labute approximate surface area is 134 Å². The molecule has 2 saturated heterocycles. The van der Waals surface area contributed by atoms with E-state index in [1.807, 2.05) is 12.1 Å². The molecule has 20 heavy (non-hydrogen) atoms. The Morgan fingerprint density at radius 2 is 2.05 bits per heavy atom. The highest BCUT2D eigenvalue weighted by Gasteiger charge is 2.34. The molecule has 2 bridgehead atoms. The van der Waals surface area contributed by atoms with Gasteiger partial charge in [0.25, 0.3) is 0 Å². The van der Waals surface area contributed by atoms with Gasteiger partial charge in [0.2, 0.25) is 5.91 Å². The van der Waals surface area contributed by atoms with Gasteiger partial charge in [-0.15, -0.1) is 0 Å². The number of halogens is 1. The number of anilines is 1. The average molecular weight is 384 g/mol. The monoisotopic (exact) mass is 384 g/mol. The number of aryl methyl sites for hydroxylation is 1. The van der Waals surface area contributed by atoms with Gasteiger partial charge in [-0.2, -0.15) is 0 Å². The summed E-state index contributed by atoms with van der Waals surface area (Å²) in [5.74, 6) is 0.717. The Balaban J connectivity index is 1.55. The number of piperidine rings is 1. The lowest BCUT2D eigenvalue weighted by Gasteiger charge is -2.28. The van der Waals surface area contributed by atoms with E-state index in [1.54, 1.807) is 0 Å². The van der Waals surface area contributed by atoms with Crippen molar-refractivity contribution in [3.63, 3.8) is 0 Å². The number of amides is 1. The molecule has 0 aromatic heterocycles. The predicted molar refractivity (Wildman–Crippen MR) is 89.8 cm³/mol. The lowest BCUT2D eigenvalue weighted by atomic mass is 9.89. The zero-order valence-electron chi connectivity index (χ0n) is 11.8. The normalized spacial score (nSPS) is 28.4. The molecular weight excluding hydrogens is 363 g/mol. The second-order valence-corrected chi connectivity index (χ2v) is 7.35. The highest BCUT2D eigenvalue weighted by Crippen LogP contribution is 2.32. The van der Waals surface area contributed by atoms with Crippen molar-refractivity contribution >= 4 is 34.2 Å². The van der Waals surface area contributed by atoms with Crippen molar-refractivity contribution in [2.24, 2.45) is 5.92 Å². The SMILES string of the molecule is Cc1ccc(NC(=O)CC2CC3CCC(C2)N3)cc1I. The summed E-state index contributed by atoms with van der Waals surface area (Å²) in [6, 6.07) is 7.41. The second-order valence-electron chi connectivity index (χ2n) is 6.19. The van der Waals surface area contributed by atoms with E-state index in [9.17, 15) is 4.79 Å². The van der Waals surface area contributed by atoms with Crippen LogP contribution in [0.5, 0.6) is 0 Å². The molecule has 2 heterocycles. The van der Waals surface area contributed by atoms with Gasteiger partial charge in [0.05, 0.1) is 0 Å². The van der Waals surface area contributed by atoms with Gasteiger partial charge >= 0.3 is 0 Å². The molecule has 1 aromatic rings. The van der Waals surface area contributed by atoms with Gasteiger partial charge in [-0.1, -0.05) is 6.07 Å². The number of carbonyl (C=O) groups is 1. The topological polar surface area (TPSA) is 41.1 Å². The first kappa shape index (κ1) is 14.3. The molecule has 2 unspecified atom stereocenters. The van der Waals surface area contributed by atoms with Gasteiger partial charge in [0.1, 0.15) is 0 Å². The highest BCUT2D eigenvalue weighted by molar-refractivity contribution is 14.1. The zero-order valence-corrected chi connectivity index (χ0v) is 13.9. The zero-order chi connectivity index (χ0) is 14.1. The minimum Gasteiger partial charge on any atom is -0.326 e. The Hall–Kier alpha value is -0.620. The first-order chi connectivity index (χ1) is 9.60. The Morgan fingerprint density at radius 1 is 1.35 bits per heavy atom. The highest BCUT2D eigenvalue weighted by atomic mass is 127. The fourth-order valence-electron chi connectivity index (χ4n) is 3.49. The van der Waals surface area contributed by atoms with E-state index in [0.29, 0.717) is 24.4 Å². The van der Waals surface area contributed by atoms with Crippen LogP contribution in [0.3, 0.4) is 0 Å². The molecule has 2 atom stereocenters. The summed E-state index contributed by atoms with van der Waals surface area (Å²) in [4.78, 5) is 12.2. The lowest BCUT2D eigenvalue weighted by molar-refractivity contribution is -0.117. The Bertz CT molecular complexity index is 505. The van der Waals surface area contributed by atoms with Crippen molar-refractivity contribution < 1.29 is 4.79 Å². The fraction of sp³-hybridized carbons (Fsp3) is 0.562. The summed E-state index contributed by atoms with van der Waals surface area (Å²) in [6.45, 7) is 2.08. The smallest absolute Gasteiger partial charge is 0.224 e. The van der Waals surface area contributed by atoms with E-state index < -0.39 is 0 Å². The maximum absolute atomic E-state index is 12.2. The van der Waals surface area contributed by atoms with Crippen molar-refractivity contribution in [3.8, 4) is 0 Å². The van der Waals surface area contributed by atoms with E-state index in [-0.39, 0.29) is 5.91 Å². The summed E-state index contributed by atoms with van der Waals surface area (Å²) in [5.41, 5.74) is 2.17. The van der Waals surface area contributed by atoms with E-state index in [0.717, 1.165) is 18.5 Å². The Kier molecular flexibility index (Phi) is 4.31. The van der Waals surface area contributed by atoms with Crippen molar-refractivity contribution in [3.05, 3.63) is 27.3 Å². The molecule has 3 rings (SSSR count). The molecule has 0 spiro atoms. The number of hydrogen-bond acceptors (Lipinski definition) is 2. The van der Waals surface area contributed by atoms with Crippen LogP contribution in [0.1, 0.15) is 37.7 Å². The fourth-order valence-corrected chi connectivity index (χ4v) is 4.00. The van der Waals surface area contributed by atoms with E-state index in [2.05, 4.69) is 46.2 Å². The predicted octanol–water partition coefficient (Wildman–Crippen LogP) is 3.46. The number of nitrogens with one attached hydrogen (secondary N) is 2. The number of fused-ring (bicyclic) bond motifs is 2. The minimum absolute atomic E-state index is 0.163. The maximum atomic E-state index is 12.2. The van der Waals surface area contributed by atoms with E-state index in [4.69, 9.17) is 0 Å². The molecule has 4 heteroatoms. The molecule has 1 amide bonds. The van der Waals surface area contributed by atoms with Crippen molar-refractivity contribution in [1.82, 2.24) is 5.32 Å². The van der Waals surface area contributed by atoms with Crippen molar-refractivity contribution in [2.45, 2.75) is 51.1 Å². The van der Waals surface area contributed by atoms with Crippen LogP contribution in [0, 0.1) is 16.4 Å². The third-order valence-electron chi connectivity index (χ3n) is 4.50. The molecule has 3 nitrogen and oxygen atoms in total. The van der Waals surface area contributed by atoms with Crippen LogP contribution in [-0.2, 0) is 4.79 Å². The number of rotatable bonds is 3.